The highest BCUT2D eigenvalue weighted by atomic mass is 32.1. The minimum Gasteiger partial charge on any atom is -0.465 e. The van der Waals surface area contributed by atoms with Gasteiger partial charge in [-0.3, -0.25) is 0 Å². The fraction of sp³-hybridized carbons (Fsp3) is 0.429. The Morgan fingerprint density at radius 2 is 1.09 bits per heavy atom. The van der Waals surface area contributed by atoms with E-state index in [4.69, 9.17) is 18.3 Å². The molecule has 3 aromatic heterocycles. The molecule has 5 heteroatoms. The SMILES string of the molecule is CCCCCCOc1cc2cc3sc4cc5cc(OCCCCCC)oc5cc4c3cc2o1. The summed E-state index contributed by atoms with van der Waals surface area (Å²) in [6, 6.07) is 12.7. The maximum absolute atomic E-state index is 6.00. The highest BCUT2D eigenvalue weighted by molar-refractivity contribution is 7.26. The molecule has 0 saturated carbocycles. The maximum atomic E-state index is 6.00. The van der Waals surface area contributed by atoms with E-state index in [1.807, 2.05) is 12.1 Å². The Balaban J connectivity index is 1.37. The first kappa shape index (κ1) is 22.1. The van der Waals surface area contributed by atoms with Crippen molar-refractivity contribution in [3.63, 3.8) is 0 Å². The number of hydrogen-bond acceptors (Lipinski definition) is 5. The molecule has 3 heterocycles. The van der Waals surface area contributed by atoms with Crippen molar-refractivity contribution in [3.05, 3.63) is 36.4 Å². The van der Waals surface area contributed by atoms with E-state index in [1.54, 1.807) is 11.3 Å². The van der Waals surface area contributed by atoms with Gasteiger partial charge in [-0.25, -0.2) is 0 Å². The normalized spacial score (nSPS) is 11.9. The van der Waals surface area contributed by atoms with E-state index in [0.29, 0.717) is 25.1 Å². The van der Waals surface area contributed by atoms with Crippen LogP contribution in [0.5, 0.6) is 11.9 Å². The van der Waals surface area contributed by atoms with E-state index in [2.05, 4.69) is 38.1 Å². The zero-order valence-electron chi connectivity index (χ0n) is 19.6. The van der Waals surface area contributed by atoms with Crippen molar-refractivity contribution >= 4 is 53.4 Å². The number of thiophene rings is 1. The molecule has 0 bridgehead atoms. The van der Waals surface area contributed by atoms with Crippen LogP contribution in [0.25, 0.3) is 42.1 Å². The molecule has 0 aliphatic rings. The molecule has 0 aliphatic carbocycles. The van der Waals surface area contributed by atoms with Crippen LogP contribution in [0, 0.1) is 0 Å². The number of fused-ring (bicyclic) bond motifs is 5. The summed E-state index contributed by atoms with van der Waals surface area (Å²) in [4.78, 5) is 0. The maximum Gasteiger partial charge on any atom is 0.285 e. The first-order chi connectivity index (χ1) is 16.2. The van der Waals surface area contributed by atoms with Gasteiger partial charge >= 0.3 is 0 Å². The third-order valence-electron chi connectivity index (χ3n) is 6.19. The molecular formula is C28H32O4S. The Morgan fingerprint density at radius 1 is 0.606 bits per heavy atom. The molecule has 0 aliphatic heterocycles. The van der Waals surface area contributed by atoms with Gasteiger partial charge in [0.25, 0.3) is 11.9 Å². The van der Waals surface area contributed by atoms with E-state index in [1.165, 1.54) is 58.7 Å². The molecule has 0 N–H and O–H groups in total. The van der Waals surface area contributed by atoms with Crippen molar-refractivity contribution in [1.82, 2.24) is 0 Å². The fourth-order valence-electron chi connectivity index (χ4n) is 4.34. The van der Waals surface area contributed by atoms with Crippen molar-refractivity contribution < 1.29 is 18.3 Å². The van der Waals surface area contributed by atoms with Crippen LogP contribution in [-0.2, 0) is 0 Å². The second-order valence-electron chi connectivity index (χ2n) is 8.82. The number of rotatable bonds is 12. The fourth-order valence-corrected chi connectivity index (χ4v) is 5.50. The molecular weight excluding hydrogens is 432 g/mol. The number of ether oxygens (including phenoxy) is 2. The lowest BCUT2D eigenvalue weighted by molar-refractivity contribution is 0.242. The van der Waals surface area contributed by atoms with Gasteiger partial charge in [0.2, 0.25) is 0 Å². The molecule has 0 unspecified atom stereocenters. The van der Waals surface area contributed by atoms with E-state index >= 15 is 0 Å². The van der Waals surface area contributed by atoms with Crippen LogP contribution >= 0.6 is 11.3 Å². The lowest BCUT2D eigenvalue weighted by Gasteiger charge is -2.01. The largest absolute Gasteiger partial charge is 0.465 e. The van der Waals surface area contributed by atoms with Crippen LogP contribution in [-0.4, -0.2) is 13.2 Å². The lowest BCUT2D eigenvalue weighted by Crippen LogP contribution is -1.95. The highest BCUT2D eigenvalue weighted by Gasteiger charge is 2.14. The number of furan rings is 2. The minimum atomic E-state index is 0.609. The van der Waals surface area contributed by atoms with Crippen molar-refractivity contribution in [2.75, 3.05) is 13.2 Å². The van der Waals surface area contributed by atoms with Crippen molar-refractivity contribution in [3.8, 4) is 11.9 Å². The predicted molar refractivity (Wildman–Crippen MR) is 138 cm³/mol. The van der Waals surface area contributed by atoms with Gasteiger partial charge in [-0.2, -0.15) is 0 Å². The third kappa shape index (κ3) is 4.84. The van der Waals surface area contributed by atoms with Crippen molar-refractivity contribution in [1.29, 1.82) is 0 Å². The molecule has 5 aromatic rings. The summed E-state index contributed by atoms with van der Waals surface area (Å²) in [5.41, 5.74) is 1.72. The summed E-state index contributed by atoms with van der Waals surface area (Å²) in [5.74, 6) is 1.22. The monoisotopic (exact) mass is 464 g/mol. The first-order valence-corrected chi connectivity index (χ1v) is 13.2. The van der Waals surface area contributed by atoms with E-state index in [9.17, 15) is 0 Å². The summed E-state index contributed by atoms with van der Waals surface area (Å²) in [6.07, 6.45) is 9.49. The van der Waals surface area contributed by atoms with Crippen molar-refractivity contribution in [2.45, 2.75) is 65.2 Å². The standard InChI is InChI=1S/C28H32O4S/c1-3-5-7-9-11-29-27-15-19-13-25-21(17-23(19)31-27)22-18-24-20(14-26(22)33-25)16-28(32-24)30-12-10-8-6-4-2/h13-18H,3-12H2,1-2H3. The van der Waals surface area contributed by atoms with E-state index in [-0.39, 0.29) is 0 Å². The zero-order chi connectivity index (χ0) is 22.6. The molecule has 0 amide bonds. The van der Waals surface area contributed by atoms with Gasteiger partial charge < -0.3 is 18.3 Å². The summed E-state index contributed by atoms with van der Waals surface area (Å²) in [6.45, 7) is 5.84. The summed E-state index contributed by atoms with van der Waals surface area (Å²) >= 11 is 1.80. The van der Waals surface area contributed by atoms with Gasteiger partial charge in [0.15, 0.2) is 0 Å². The Hall–Kier alpha value is -2.66. The van der Waals surface area contributed by atoms with Crippen LogP contribution in [0.4, 0.5) is 0 Å². The number of hydrogen-bond donors (Lipinski definition) is 0. The van der Waals surface area contributed by atoms with Crippen molar-refractivity contribution in [2.24, 2.45) is 0 Å². The van der Waals surface area contributed by atoms with E-state index < -0.39 is 0 Å². The van der Waals surface area contributed by atoms with Crippen LogP contribution in [0.1, 0.15) is 65.2 Å². The Bertz CT molecular complexity index is 1250. The molecule has 0 saturated heterocycles. The summed E-state index contributed by atoms with van der Waals surface area (Å²) < 4.78 is 26.2. The average Bonchev–Trinajstić information content (AvgIpc) is 3.49. The molecule has 5 rings (SSSR count). The second-order valence-corrected chi connectivity index (χ2v) is 9.91. The second kappa shape index (κ2) is 10.1. The first-order valence-electron chi connectivity index (χ1n) is 12.3. The van der Waals surface area contributed by atoms with Crippen LogP contribution < -0.4 is 9.47 Å². The Kier molecular flexibility index (Phi) is 6.77. The molecule has 0 atom stereocenters. The highest BCUT2D eigenvalue weighted by Crippen LogP contribution is 2.41. The molecule has 174 valence electrons. The van der Waals surface area contributed by atoms with Gasteiger partial charge in [0, 0.05) is 43.1 Å². The molecule has 4 nitrogen and oxygen atoms in total. The Morgan fingerprint density at radius 3 is 1.55 bits per heavy atom. The quantitative estimate of drug-likeness (QED) is 0.172. The minimum absolute atomic E-state index is 0.609. The van der Waals surface area contributed by atoms with E-state index in [0.717, 1.165) is 34.8 Å². The molecule has 0 fully saturated rings. The third-order valence-corrected chi connectivity index (χ3v) is 7.30. The number of benzene rings is 2. The zero-order valence-corrected chi connectivity index (χ0v) is 20.4. The van der Waals surface area contributed by atoms with Gasteiger partial charge in [-0.1, -0.05) is 52.4 Å². The smallest absolute Gasteiger partial charge is 0.285 e. The van der Waals surface area contributed by atoms with Gasteiger partial charge in [-0.05, 0) is 37.1 Å². The van der Waals surface area contributed by atoms with Gasteiger partial charge in [0.1, 0.15) is 11.2 Å². The predicted octanol–water partition coefficient (Wildman–Crippen LogP) is 9.47. The van der Waals surface area contributed by atoms with Crippen LogP contribution in [0.3, 0.4) is 0 Å². The topological polar surface area (TPSA) is 44.7 Å². The van der Waals surface area contributed by atoms with Crippen LogP contribution in [0.15, 0.2) is 45.2 Å². The van der Waals surface area contributed by atoms with Crippen LogP contribution in [0.2, 0.25) is 0 Å². The Labute approximate surface area is 198 Å². The average molecular weight is 465 g/mol. The van der Waals surface area contributed by atoms with Gasteiger partial charge in [0.05, 0.1) is 13.2 Å². The molecule has 2 aromatic carbocycles. The summed E-state index contributed by atoms with van der Waals surface area (Å²) in [5, 5.41) is 4.54. The van der Waals surface area contributed by atoms with Gasteiger partial charge in [-0.15, -0.1) is 11.3 Å². The molecule has 0 spiro atoms. The summed E-state index contributed by atoms with van der Waals surface area (Å²) in [7, 11) is 0. The molecule has 33 heavy (non-hydrogen) atoms. The molecule has 0 radical (unpaired) electrons. The number of unbranched alkanes of at least 4 members (excludes halogenated alkanes) is 6. The lowest BCUT2D eigenvalue weighted by atomic mass is 10.1.